The fraction of sp³-hybridized carbons (Fsp3) is 0.417. The van der Waals surface area contributed by atoms with E-state index in [9.17, 15) is 13.2 Å². The number of hydrogen-bond acceptors (Lipinski definition) is 3. The molecule has 0 bridgehead atoms. The third-order valence-electron chi connectivity index (χ3n) is 2.62. The first-order valence-electron chi connectivity index (χ1n) is 5.61. The van der Waals surface area contributed by atoms with Crippen LogP contribution in [0.2, 0.25) is 0 Å². The summed E-state index contributed by atoms with van der Waals surface area (Å²) in [4.78, 5) is 11.2. The van der Waals surface area contributed by atoms with E-state index >= 15 is 0 Å². The maximum Gasteiger partial charge on any atom is 0.301 e. The number of benzene rings is 1. The summed E-state index contributed by atoms with van der Waals surface area (Å²) in [5, 5.41) is 0. The number of nitrogens with one attached hydrogen (secondary N) is 1. The largest absolute Gasteiger partial charge is 0.301 e. The van der Waals surface area contributed by atoms with Gasteiger partial charge < -0.3 is 0 Å². The molecule has 0 atom stereocenters. The second kappa shape index (κ2) is 5.49. The fourth-order valence-electron chi connectivity index (χ4n) is 1.30. The molecule has 0 aliphatic heterocycles. The molecular formula is C12H18N2O3S. The normalized spacial score (nSPS) is 11.9. The summed E-state index contributed by atoms with van der Waals surface area (Å²) >= 11 is 0. The summed E-state index contributed by atoms with van der Waals surface area (Å²) in [6.07, 6.45) is 0. The topological polar surface area (TPSA) is 66.5 Å². The van der Waals surface area contributed by atoms with E-state index in [4.69, 9.17) is 0 Å². The van der Waals surface area contributed by atoms with Gasteiger partial charge >= 0.3 is 10.2 Å². The number of carbonyl (C=O) groups excluding carboxylic acids is 1. The van der Waals surface area contributed by atoms with Crippen molar-refractivity contribution in [2.24, 2.45) is 0 Å². The third kappa shape index (κ3) is 3.54. The van der Waals surface area contributed by atoms with Crippen LogP contribution in [0.4, 0.5) is 5.69 Å². The minimum atomic E-state index is -3.58. The van der Waals surface area contributed by atoms with Gasteiger partial charge in [0.15, 0.2) is 5.78 Å². The molecule has 0 unspecified atom stereocenters. The Morgan fingerprint density at radius 2 is 1.94 bits per heavy atom. The molecule has 0 radical (unpaired) electrons. The molecule has 1 aromatic rings. The van der Waals surface area contributed by atoms with E-state index in [1.807, 2.05) is 0 Å². The highest BCUT2D eigenvalue weighted by atomic mass is 32.2. The average molecular weight is 270 g/mol. The van der Waals surface area contributed by atoms with Crippen LogP contribution in [-0.2, 0) is 10.2 Å². The molecule has 0 spiro atoms. The standard InChI is InChI=1S/C12H18N2O3S/c1-9(2)14(4)18(16,17)13-12-7-5-6-11(8-12)10(3)15/h5-9,13H,1-4H3. The van der Waals surface area contributed by atoms with Crippen molar-refractivity contribution in [1.82, 2.24) is 4.31 Å². The van der Waals surface area contributed by atoms with E-state index in [2.05, 4.69) is 4.72 Å². The van der Waals surface area contributed by atoms with Gasteiger partial charge in [0.25, 0.3) is 0 Å². The van der Waals surface area contributed by atoms with Gasteiger partial charge in [0.1, 0.15) is 0 Å². The molecule has 1 aromatic carbocycles. The van der Waals surface area contributed by atoms with Crippen molar-refractivity contribution in [3.63, 3.8) is 0 Å². The lowest BCUT2D eigenvalue weighted by Crippen LogP contribution is -2.37. The predicted molar refractivity (Wildman–Crippen MR) is 71.9 cm³/mol. The third-order valence-corrected chi connectivity index (χ3v) is 4.30. The van der Waals surface area contributed by atoms with Gasteiger partial charge in [-0.15, -0.1) is 0 Å². The van der Waals surface area contributed by atoms with Crippen LogP contribution in [0.3, 0.4) is 0 Å². The number of rotatable bonds is 5. The monoisotopic (exact) mass is 270 g/mol. The van der Waals surface area contributed by atoms with Crippen molar-refractivity contribution < 1.29 is 13.2 Å². The van der Waals surface area contributed by atoms with Gasteiger partial charge in [-0.1, -0.05) is 12.1 Å². The Bertz CT molecular complexity index is 538. The molecule has 0 fully saturated rings. The first-order chi connectivity index (χ1) is 8.24. The molecule has 0 aromatic heterocycles. The summed E-state index contributed by atoms with van der Waals surface area (Å²) < 4.78 is 27.6. The molecule has 5 nitrogen and oxygen atoms in total. The van der Waals surface area contributed by atoms with Crippen LogP contribution in [0.25, 0.3) is 0 Å². The van der Waals surface area contributed by atoms with Crippen LogP contribution in [0.1, 0.15) is 31.1 Å². The molecule has 0 aliphatic carbocycles. The Hall–Kier alpha value is -1.40. The fourth-order valence-corrected chi connectivity index (χ4v) is 2.42. The van der Waals surface area contributed by atoms with E-state index in [1.165, 1.54) is 24.3 Å². The smallest absolute Gasteiger partial charge is 0.295 e. The lowest BCUT2D eigenvalue weighted by molar-refractivity contribution is 0.101. The molecule has 1 rings (SSSR count). The van der Waals surface area contributed by atoms with Crippen LogP contribution in [0.15, 0.2) is 24.3 Å². The second-order valence-corrected chi connectivity index (χ2v) is 6.08. The molecule has 100 valence electrons. The number of nitrogens with zero attached hydrogens (tertiary/aromatic N) is 1. The maximum absolute atomic E-state index is 12.0. The first kappa shape index (κ1) is 14.7. The number of ketones is 1. The van der Waals surface area contributed by atoms with E-state index in [0.29, 0.717) is 11.3 Å². The number of hydrogen-bond donors (Lipinski definition) is 1. The van der Waals surface area contributed by atoms with Gasteiger partial charge in [-0.3, -0.25) is 9.52 Å². The zero-order valence-corrected chi connectivity index (χ0v) is 11.8. The molecule has 0 aliphatic rings. The van der Waals surface area contributed by atoms with Crippen LogP contribution < -0.4 is 4.72 Å². The highest BCUT2D eigenvalue weighted by Gasteiger charge is 2.20. The van der Waals surface area contributed by atoms with Crippen molar-refractivity contribution >= 4 is 21.7 Å². The van der Waals surface area contributed by atoms with Crippen LogP contribution in [0, 0.1) is 0 Å². The van der Waals surface area contributed by atoms with Crippen molar-refractivity contribution in [1.29, 1.82) is 0 Å². The molecule has 18 heavy (non-hydrogen) atoms. The van der Waals surface area contributed by atoms with Crippen LogP contribution >= 0.6 is 0 Å². The minimum Gasteiger partial charge on any atom is -0.295 e. The zero-order valence-electron chi connectivity index (χ0n) is 11.0. The summed E-state index contributed by atoms with van der Waals surface area (Å²) in [6, 6.07) is 6.28. The van der Waals surface area contributed by atoms with Crippen LogP contribution in [-0.4, -0.2) is 31.6 Å². The van der Waals surface area contributed by atoms with Gasteiger partial charge in [0.2, 0.25) is 0 Å². The van der Waals surface area contributed by atoms with E-state index in [-0.39, 0.29) is 11.8 Å². The van der Waals surface area contributed by atoms with Gasteiger partial charge in [-0.25, -0.2) is 0 Å². The molecule has 0 saturated carbocycles. The van der Waals surface area contributed by atoms with Gasteiger partial charge in [-0.2, -0.15) is 12.7 Å². The lowest BCUT2D eigenvalue weighted by atomic mass is 10.1. The summed E-state index contributed by atoms with van der Waals surface area (Å²) in [6.45, 7) is 5.00. The first-order valence-corrected chi connectivity index (χ1v) is 7.05. The van der Waals surface area contributed by atoms with E-state index in [1.54, 1.807) is 32.0 Å². The Kier molecular flexibility index (Phi) is 4.48. The summed E-state index contributed by atoms with van der Waals surface area (Å²) in [5.41, 5.74) is 0.859. The number of anilines is 1. The predicted octanol–water partition coefficient (Wildman–Crippen LogP) is 1.89. The van der Waals surface area contributed by atoms with Crippen molar-refractivity contribution in [3.05, 3.63) is 29.8 Å². The highest BCUT2D eigenvalue weighted by Crippen LogP contribution is 2.14. The quantitative estimate of drug-likeness (QED) is 0.831. The molecule has 0 saturated heterocycles. The van der Waals surface area contributed by atoms with Gasteiger partial charge in [0, 0.05) is 18.7 Å². The Labute approximate surface area is 108 Å². The average Bonchev–Trinajstić information content (AvgIpc) is 2.27. The maximum atomic E-state index is 12.0. The SMILES string of the molecule is CC(=O)c1cccc(NS(=O)(=O)N(C)C(C)C)c1. The second-order valence-electron chi connectivity index (χ2n) is 4.35. The molecule has 1 N–H and O–H groups in total. The van der Waals surface area contributed by atoms with Crippen molar-refractivity contribution in [3.8, 4) is 0 Å². The van der Waals surface area contributed by atoms with Crippen molar-refractivity contribution in [2.45, 2.75) is 26.8 Å². The van der Waals surface area contributed by atoms with Crippen molar-refractivity contribution in [2.75, 3.05) is 11.8 Å². The molecular weight excluding hydrogens is 252 g/mol. The molecule has 0 amide bonds. The number of Topliss-reactive ketones (excluding diaryl/α,β-unsaturated/α-hetero) is 1. The number of carbonyl (C=O) groups is 1. The Balaban J connectivity index is 2.98. The Morgan fingerprint density at radius 1 is 1.33 bits per heavy atom. The Morgan fingerprint density at radius 3 is 2.44 bits per heavy atom. The van der Waals surface area contributed by atoms with Crippen LogP contribution in [0.5, 0.6) is 0 Å². The minimum absolute atomic E-state index is 0.103. The van der Waals surface area contributed by atoms with Gasteiger partial charge in [0.05, 0.1) is 5.69 Å². The lowest BCUT2D eigenvalue weighted by Gasteiger charge is -2.21. The van der Waals surface area contributed by atoms with Gasteiger partial charge in [-0.05, 0) is 32.9 Å². The van der Waals surface area contributed by atoms with E-state index < -0.39 is 10.2 Å². The molecule has 6 heteroatoms. The molecule has 0 heterocycles. The zero-order chi connectivity index (χ0) is 13.9. The summed E-state index contributed by atoms with van der Waals surface area (Å²) in [7, 11) is -2.08. The summed E-state index contributed by atoms with van der Waals surface area (Å²) in [5.74, 6) is -0.103. The van der Waals surface area contributed by atoms with E-state index in [0.717, 1.165) is 0 Å². The highest BCUT2D eigenvalue weighted by molar-refractivity contribution is 7.90.